The fraction of sp³-hybridized carbons (Fsp3) is 0.200. The fourth-order valence-electron chi connectivity index (χ4n) is 1.55. The SMILES string of the molecule is Cc1n[nH]c(C)c1NS(=O)(=O)c1c[nH]c(C(=O)O)c1. The number of nitrogens with zero attached hydrogens (tertiary/aromatic N) is 1. The quantitative estimate of drug-likeness (QED) is 0.661. The average molecular weight is 284 g/mol. The summed E-state index contributed by atoms with van der Waals surface area (Å²) in [5.74, 6) is -1.22. The maximum Gasteiger partial charge on any atom is 0.352 e. The Morgan fingerprint density at radius 2 is 2.11 bits per heavy atom. The second-order valence-electron chi connectivity index (χ2n) is 3.97. The highest BCUT2D eigenvalue weighted by molar-refractivity contribution is 7.92. The highest BCUT2D eigenvalue weighted by Crippen LogP contribution is 2.21. The number of sulfonamides is 1. The molecule has 0 spiro atoms. The first kappa shape index (κ1) is 13.1. The van der Waals surface area contributed by atoms with E-state index in [-0.39, 0.29) is 10.6 Å². The van der Waals surface area contributed by atoms with E-state index in [2.05, 4.69) is 19.9 Å². The number of carboxylic acids is 1. The van der Waals surface area contributed by atoms with Crippen molar-refractivity contribution in [2.24, 2.45) is 0 Å². The number of aryl methyl sites for hydroxylation is 2. The second kappa shape index (κ2) is 4.43. The highest BCUT2D eigenvalue weighted by Gasteiger charge is 2.20. The summed E-state index contributed by atoms with van der Waals surface area (Å²) in [6.45, 7) is 3.33. The molecule has 2 aromatic rings. The van der Waals surface area contributed by atoms with Crippen LogP contribution in [0, 0.1) is 13.8 Å². The van der Waals surface area contributed by atoms with Gasteiger partial charge in [-0.05, 0) is 19.9 Å². The lowest BCUT2D eigenvalue weighted by Gasteiger charge is -2.05. The maximum absolute atomic E-state index is 12.1. The molecule has 0 unspecified atom stereocenters. The van der Waals surface area contributed by atoms with Crippen LogP contribution in [0.25, 0.3) is 0 Å². The number of anilines is 1. The molecule has 0 saturated carbocycles. The van der Waals surface area contributed by atoms with E-state index in [0.717, 1.165) is 12.3 Å². The summed E-state index contributed by atoms with van der Waals surface area (Å²) >= 11 is 0. The van der Waals surface area contributed by atoms with E-state index in [1.165, 1.54) is 0 Å². The van der Waals surface area contributed by atoms with Crippen molar-refractivity contribution in [1.29, 1.82) is 0 Å². The summed E-state index contributed by atoms with van der Waals surface area (Å²) in [6.07, 6.45) is 1.12. The molecule has 0 amide bonds. The summed E-state index contributed by atoms with van der Waals surface area (Å²) in [6, 6.07) is 1.05. The van der Waals surface area contributed by atoms with Gasteiger partial charge in [-0.25, -0.2) is 13.2 Å². The molecule has 2 heterocycles. The van der Waals surface area contributed by atoms with Crippen LogP contribution in [0.5, 0.6) is 0 Å². The van der Waals surface area contributed by atoms with Crippen molar-refractivity contribution in [2.75, 3.05) is 4.72 Å². The third-order valence-electron chi connectivity index (χ3n) is 2.56. The molecular weight excluding hydrogens is 272 g/mol. The number of rotatable bonds is 4. The van der Waals surface area contributed by atoms with Gasteiger partial charge in [0.1, 0.15) is 10.6 Å². The van der Waals surface area contributed by atoms with Crippen LogP contribution >= 0.6 is 0 Å². The molecule has 0 saturated heterocycles. The van der Waals surface area contributed by atoms with Gasteiger partial charge in [0, 0.05) is 6.20 Å². The number of hydrogen-bond acceptors (Lipinski definition) is 4. The minimum Gasteiger partial charge on any atom is -0.477 e. The molecule has 2 aromatic heterocycles. The smallest absolute Gasteiger partial charge is 0.352 e. The zero-order valence-electron chi connectivity index (χ0n) is 10.2. The third-order valence-corrected chi connectivity index (χ3v) is 3.89. The van der Waals surface area contributed by atoms with Gasteiger partial charge in [-0.2, -0.15) is 5.10 Å². The van der Waals surface area contributed by atoms with E-state index in [1.54, 1.807) is 13.8 Å². The second-order valence-corrected chi connectivity index (χ2v) is 5.65. The van der Waals surface area contributed by atoms with Gasteiger partial charge < -0.3 is 10.1 Å². The molecule has 2 rings (SSSR count). The molecule has 102 valence electrons. The number of H-pyrrole nitrogens is 2. The van der Waals surface area contributed by atoms with Crippen molar-refractivity contribution in [3.63, 3.8) is 0 Å². The van der Waals surface area contributed by atoms with E-state index < -0.39 is 16.0 Å². The van der Waals surface area contributed by atoms with E-state index in [1.807, 2.05) is 0 Å². The molecule has 0 aliphatic heterocycles. The van der Waals surface area contributed by atoms with Gasteiger partial charge in [0.2, 0.25) is 0 Å². The van der Waals surface area contributed by atoms with E-state index in [0.29, 0.717) is 17.1 Å². The zero-order valence-corrected chi connectivity index (χ0v) is 11.0. The van der Waals surface area contributed by atoms with Crippen LogP contribution in [0.15, 0.2) is 17.2 Å². The summed E-state index contributed by atoms with van der Waals surface area (Å²) < 4.78 is 26.5. The summed E-state index contributed by atoms with van der Waals surface area (Å²) in [5, 5.41) is 15.3. The Kier molecular flexibility index (Phi) is 3.06. The van der Waals surface area contributed by atoms with E-state index in [9.17, 15) is 13.2 Å². The lowest BCUT2D eigenvalue weighted by Crippen LogP contribution is -2.13. The Morgan fingerprint density at radius 3 is 2.58 bits per heavy atom. The summed E-state index contributed by atoms with van der Waals surface area (Å²) in [4.78, 5) is 12.9. The Hall–Kier alpha value is -2.29. The molecule has 0 radical (unpaired) electrons. The van der Waals surface area contributed by atoms with E-state index in [4.69, 9.17) is 5.11 Å². The lowest BCUT2D eigenvalue weighted by molar-refractivity contribution is 0.0691. The number of hydrogen-bond donors (Lipinski definition) is 4. The monoisotopic (exact) mass is 284 g/mol. The number of aromatic carboxylic acids is 1. The number of carbonyl (C=O) groups is 1. The van der Waals surface area contributed by atoms with Gasteiger partial charge in [0.25, 0.3) is 10.0 Å². The molecule has 0 atom stereocenters. The minimum absolute atomic E-state index is 0.148. The van der Waals surface area contributed by atoms with Gasteiger partial charge in [-0.3, -0.25) is 9.82 Å². The highest BCUT2D eigenvalue weighted by atomic mass is 32.2. The fourth-order valence-corrected chi connectivity index (χ4v) is 2.72. The molecular formula is C10H12N4O4S. The van der Waals surface area contributed by atoms with Crippen molar-refractivity contribution < 1.29 is 18.3 Å². The number of aromatic amines is 2. The number of carboxylic acid groups (broad SMARTS) is 1. The minimum atomic E-state index is -3.85. The van der Waals surface area contributed by atoms with Crippen LogP contribution in [-0.4, -0.2) is 34.7 Å². The number of nitrogens with one attached hydrogen (secondary N) is 3. The molecule has 9 heteroatoms. The van der Waals surface area contributed by atoms with Gasteiger partial charge in [-0.1, -0.05) is 0 Å². The zero-order chi connectivity index (χ0) is 14.2. The van der Waals surface area contributed by atoms with E-state index >= 15 is 0 Å². The molecule has 8 nitrogen and oxygen atoms in total. The van der Waals surface area contributed by atoms with Crippen LogP contribution in [0.1, 0.15) is 21.9 Å². The predicted molar refractivity (Wildman–Crippen MR) is 66.6 cm³/mol. The lowest BCUT2D eigenvalue weighted by atomic mass is 10.3. The Balaban J connectivity index is 2.35. The van der Waals surface area contributed by atoms with Crippen molar-refractivity contribution in [1.82, 2.24) is 15.2 Å². The standard InChI is InChI=1S/C10H12N4O4S/c1-5-9(6(2)13-12-5)14-19(17,18)7-3-8(10(15)16)11-4-7/h3-4,11,14H,1-2H3,(H,12,13)(H,15,16). The van der Waals surface area contributed by atoms with Crippen LogP contribution in [0.3, 0.4) is 0 Å². The molecule has 0 aliphatic carbocycles. The maximum atomic E-state index is 12.1. The van der Waals surface area contributed by atoms with Gasteiger partial charge >= 0.3 is 5.97 Å². The predicted octanol–water partition coefficient (Wildman–Crippen LogP) is 0.854. The summed E-state index contributed by atoms with van der Waals surface area (Å²) in [5.41, 5.74) is 1.25. The van der Waals surface area contributed by atoms with Crippen molar-refractivity contribution in [3.8, 4) is 0 Å². The molecule has 19 heavy (non-hydrogen) atoms. The van der Waals surface area contributed by atoms with Crippen molar-refractivity contribution in [3.05, 3.63) is 29.3 Å². The normalized spacial score (nSPS) is 11.5. The Bertz CT molecular complexity index is 709. The first-order valence-corrected chi connectivity index (χ1v) is 6.75. The summed E-state index contributed by atoms with van der Waals surface area (Å²) in [7, 11) is -3.85. The van der Waals surface area contributed by atoms with Gasteiger partial charge in [0.15, 0.2) is 0 Å². The van der Waals surface area contributed by atoms with Gasteiger partial charge in [0.05, 0.1) is 17.1 Å². The Morgan fingerprint density at radius 1 is 1.42 bits per heavy atom. The largest absolute Gasteiger partial charge is 0.477 e. The molecule has 0 aromatic carbocycles. The van der Waals surface area contributed by atoms with Crippen LogP contribution in [-0.2, 0) is 10.0 Å². The topological polar surface area (TPSA) is 128 Å². The molecule has 0 fully saturated rings. The number of aromatic nitrogens is 3. The molecule has 4 N–H and O–H groups in total. The average Bonchev–Trinajstić information content (AvgIpc) is 2.92. The first-order valence-electron chi connectivity index (χ1n) is 5.27. The Labute approximate surface area is 108 Å². The van der Waals surface area contributed by atoms with Crippen molar-refractivity contribution >= 4 is 21.7 Å². The van der Waals surface area contributed by atoms with Crippen molar-refractivity contribution in [2.45, 2.75) is 18.7 Å². The van der Waals surface area contributed by atoms with Crippen LogP contribution < -0.4 is 4.72 Å². The first-order chi connectivity index (χ1) is 8.81. The van der Waals surface area contributed by atoms with Crippen LogP contribution in [0.4, 0.5) is 5.69 Å². The molecule has 0 bridgehead atoms. The van der Waals surface area contributed by atoms with Gasteiger partial charge in [-0.15, -0.1) is 0 Å². The van der Waals surface area contributed by atoms with Crippen LogP contribution in [0.2, 0.25) is 0 Å². The molecule has 0 aliphatic rings. The third kappa shape index (κ3) is 2.45.